The molecule has 20 nitrogen and oxygen atoms in total. The van der Waals surface area contributed by atoms with Gasteiger partial charge in [0, 0.05) is 91.2 Å². The van der Waals surface area contributed by atoms with Crippen molar-refractivity contribution in [3.63, 3.8) is 0 Å². The number of carbonyl (C=O) groups excluding carboxylic acids is 1. The second kappa shape index (κ2) is 20.9. The van der Waals surface area contributed by atoms with Crippen LogP contribution in [0.4, 0.5) is 11.4 Å². The fraction of sp³-hybridized carbons (Fsp3) is 0.512. The lowest BCUT2D eigenvalue weighted by molar-refractivity contribution is -0.438. The highest BCUT2D eigenvalue weighted by Gasteiger charge is 2.45. The Labute approximate surface area is 374 Å². The quantitative estimate of drug-likeness (QED) is 0.0192. The molecule has 0 bridgehead atoms. The van der Waals surface area contributed by atoms with Gasteiger partial charge in [-0.25, -0.2) is 0 Å². The Balaban J connectivity index is 1.26. The van der Waals surface area contributed by atoms with Crippen LogP contribution in [0.2, 0.25) is 0 Å². The number of nitrogens with zero attached hydrogens (tertiary/aromatic N) is 8. The SMILES string of the molecule is CC1(C)C(/C=C/C=C2/N(CCCS(=O)(=O)O)c3ccc(S(=O)(=O)O)cc3C2(C)C)=[N+](CCCCCC(=O)NCCCn2cc(CNCCCN=[N+]=[N-])nn2)c2ccc(S(=O)(=O)O)cc21. The monoisotopic (exact) mass is 945 g/mol. The van der Waals surface area contributed by atoms with Gasteiger partial charge in [-0.15, -0.1) is 5.10 Å². The third-order valence-electron chi connectivity index (χ3n) is 11.4. The van der Waals surface area contributed by atoms with E-state index in [-0.39, 0.29) is 28.7 Å². The van der Waals surface area contributed by atoms with E-state index in [1.165, 1.54) is 24.3 Å². The van der Waals surface area contributed by atoms with Crippen molar-refractivity contribution in [2.75, 3.05) is 43.4 Å². The molecule has 1 aromatic heterocycles. The lowest BCUT2D eigenvalue weighted by Crippen LogP contribution is -2.29. The summed E-state index contributed by atoms with van der Waals surface area (Å²) in [6, 6.07) is 8.72. The molecule has 2 aliphatic heterocycles. The first-order valence-electron chi connectivity index (χ1n) is 20.9. The van der Waals surface area contributed by atoms with E-state index in [4.69, 9.17) is 5.53 Å². The maximum atomic E-state index is 12.7. The van der Waals surface area contributed by atoms with Crippen LogP contribution < -0.4 is 15.5 Å². The third kappa shape index (κ3) is 12.8. The normalized spacial score (nSPS) is 16.4. The van der Waals surface area contributed by atoms with Crippen molar-refractivity contribution in [2.24, 2.45) is 5.11 Å². The molecule has 0 fully saturated rings. The molecule has 5 rings (SSSR count). The second-order valence-corrected chi connectivity index (χ2v) is 21.2. The number of azide groups is 1. The summed E-state index contributed by atoms with van der Waals surface area (Å²) in [5.41, 5.74) is 11.7. The summed E-state index contributed by atoms with van der Waals surface area (Å²) >= 11 is 0. The number of hydrogen-bond acceptors (Lipinski definition) is 12. The number of aromatic nitrogens is 3. The summed E-state index contributed by atoms with van der Waals surface area (Å²) in [6.45, 7) is 11.1. The zero-order chi connectivity index (χ0) is 46.9. The van der Waals surface area contributed by atoms with E-state index in [2.05, 4.69) is 35.5 Å². The molecule has 23 heteroatoms. The fourth-order valence-corrected chi connectivity index (χ4v) is 9.61. The maximum Gasteiger partial charge on any atom is 0.294 e. The summed E-state index contributed by atoms with van der Waals surface area (Å²) < 4.78 is 105. The predicted molar refractivity (Wildman–Crippen MR) is 240 cm³/mol. The number of unbranched alkanes of at least 4 members (excludes halogenated alkanes) is 2. The highest BCUT2D eigenvalue weighted by Crippen LogP contribution is 2.49. The smallest absolute Gasteiger partial charge is 0.294 e. The number of carbonyl (C=O) groups is 1. The van der Waals surface area contributed by atoms with E-state index in [1.807, 2.05) is 57.0 Å². The minimum absolute atomic E-state index is 0.0592. The molecule has 348 valence electrons. The molecule has 0 aliphatic carbocycles. The van der Waals surface area contributed by atoms with Gasteiger partial charge in [-0.05, 0) is 100.0 Å². The molecule has 1 amide bonds. The molecule has 0 unspecified atom stereocenters. The zero-order valence-electron chi connectivity index (χ0n) is 36.4. The number of nitrogens with one attached hydrogen (secondary N) is 2. The number of anilines is 1. The van der Waals surface area contributed by atoms with Crippen LogP contribution in [-0.2, 0) is 59.1 Å². The number of aryl methyl sites for hydroxylation is 1. The summed E-state index contributed by atoms with van der Waals surface area (Å²) in [5.74, 6) is -0.549. The predicted octanol–water partition coefficient (Wildman–Crippen LogP) is 5.22. The Morgan fingerprint density at radius 1 is 0.875 bits per heavy atom. The van der Waals surface area contributed by atoms with E-state index in [1.54, 1.807) is 16.8 Å². The summed E-state index contributed by atoms with van der Waals surface area (Å²) in [7, 11) is -13.3. The topological polar surface area (TPSA) is 290 Å². The van der Waals surface area contributed by atoms with Gasteiger partial charge in [0.2, 0.25) is 11.6 Å². The van der Waals surface area contributed by atoms with Gasteiger partial charge in [0.1, 0.15) is 6.54 Å². The van der Waals surface area contributed by atoms with Crippen LogP contribution in [-0.4, -0.2) is 109 Å². The van der Waals surface area contributed by atoms with E-state index in [0.29, 0.717) is 87.5 Å². The first-order valence-corrected chi connectivity index (χ1v) is 25.4. The summed E-state index contributed by atoms with van der Waals surface area (Å²) in [4.78, 5) is 16.7. The number of amides is 1. The lowest BCUT2D eigenvalue weighted by Gasteiger charge is -2.27. The van der Waals surface area contributed by atoms with E-state index < -0.39 is 46.9 Å². The van der Waals surface area contributed by atoms with Gasteiger partial charge in [-0.2, -0.15) is 29.8 Å². The molecule has 64 heavy (non-hydrogen) atoms. The van der Waals surface area contributed by atoms with Gasteiger partial charge in [0.25, 0.3) is 30.4 Å². The molecule has 0 saturated heterocycles. The zero-order valence-corrected chi connectivity index (χ0v) is 38.8. The van der Waals surface area contributed by atoms with Gasteiger partial charge in [0.15, 0.2) is 5.71 Å². The van der Waals surface area contributed by atoms with Gasteiger partial charge in [-0.1, -0.05) is 30.3 Å². The van der Waals surface area contributed by atoms with Crippen LogP contribution >= 0.6 is 0 Å². The standard InChI is InChI=1S/C41H56N10O10S3/c1-40(2)33-26-31(63(56,57)58)15-17-35(33)50(23-7-5-6-14-39(52)44-20-10-22-49-29-30(46-48-49)28-43-19-9-21-45-47-42)37(40)12-8-13-38-41(3,4)34-27-32(64(59,60)61)16-18-36(34)51(38)24-11-25-62(53,54)55/h8,12-13,15-18,26-27,29,43H,5-7,9-11,14,19-25,28H2,1-4H3,(H3-,44,52,53,54,55,56,57,58,59,60,61)/p+1. The van der Waals surface area contributed by atoms with Crippen LogP contribution in [0.25, 0.3) is 10.4 Å². The van der Waals surface area contributed by atoms with Crippen molar-refractivity contribution in [1.82, 2.24) is 25.6 Å². The molecule has 3 aromatic rings. The van der Waals surface area contributed by atoms with Crippen molar-refractivity contribution >= 4 is 53.3 Å². The number of fused-ring (bicyclic) bond motifs is 2. The molecule has 0 radical (unpaired) electrons. The number of rotatable bonds is 24. The first-order chi connectivity index (χ1) is 30.0. The van der Waals surface area contributed by atoms with Crippen LogP contribution in [0.5, 0.6) is 0 Å². The van der Waals surface area contributed by atoms with Crippen LogP contribution in [0.1, 0.15) is 89.5 Å². The molecule has 0 spiro atoms. The van der Waals surface area contributed by atoms with Crippen molar-refractivity contribution < 1.29 is 48.3 Å². The van der Waals surface area contributed by atoms with Gasteiger partial charge < -0.3 is 15.5 Å². The second-order valence-electron chi connectivity index (χ2n) is 16.8. The highest BCUT2D eigenvalue weighted by atomic mass is 32.2. The van der Waals surface area contributed by atoms with Gasteiger partial charge in [0.05, 0.1) is 26.7 Å². The van der Waals surface area contributed by atoms with Crippen molar-refractivity contribution in [3.8, 4) is 0 Å². The van der Waals surface area contributed by atoms with Crippen LogP contribution in [0.3, 0.4) is 0 Å². The van der Waals surface area contributed by atoms with Gasteiger partial charge in [-0.3, -0.25) is 23.1 Å². The van der Waals surface area contributed by atoms with Crippen LogP contribution in [0.15, 0.2) is 81.4 Å². The number of benzene rings is 2. The average molecular weight is 946 g/mol. The Morgan fingerprint density at radius 2 is 1.58 bits per heavy atom. The molecule has 5 N–H and O–H groups in total. The molecular formula is C41H57N10O10S3+. The van der Waals surface area contributed by atoms with E-state index in [9.17, 15) is 43.7 Å². The molecule has 2 aromatic carbocycles. The lowest BCUT2D eigenvalue weighted by atomic mass is 9.81. The third-order valence-corrected chi connectivity index (χ3v) is 13.9. The molecule has 3 heterocycles. The molecular weight excluding hydrogens is 889 g/mol. The molecule has 0 saturated carbocycles. The average Bonchev–Trinajstić information content (AvgIpc) is 3.81. The van der Waals surface area contributed by atoms with Crippen molar-refractivity contribution in [2.45, 2.75) is 106 Å². The van der Waals surface area contributed by atoms with Gasteiger partial charge >= 0.3 is 0 Å². The molecule has 0 atom stereocenters. The minimum atomic E-state index is -4.52. The number of hydrogen-bond donors (Lipinski definition) is 5. The Kier molecular flexibility index (Phi) is 16.3. The first kappa shape index (κ1) is 50.0. The molecule has 2 aliphatic rings. The van der Waals surface area contributed by atoms with Crippen molar-refractivity contribution in [1.29, 1.82) is 0 Å². The van der Waals surface area contributed by atoms with E-state index in [0.717, 1.165) is 29.9 Å². The van der Waals surface area contributed by atoms with E-state index >= 15 is 0 Å². The Bertz CT molecular complexity index is 2690. The Hall–Kier alpha value is -5.00. The highest BCUT2D eigenvalue weighted by molar-refractivity contribution is 7.86. The summed E-state index contributed by atoms with van der Waals surface area (Å²) in [6.07, 6.45) is 11.3. The number of allylic oxidation sites excluding steroid dienone is 4. The maximum absolute atomic E-state index is 12.7. The van der Waals surface area contributed by atoms with Crippen molar-refractivity contribution in [3.05, 3.63) is 93.8 Å². The summed E-state index contributed by atoms with van der Waals surface area (Å²) in [5, 5.41) is 18.0. The minimum Gasteiger partial charge on any atom is -0.356 e. The van der Waals surface area contributed by atoms with Crippen LogP contribution in [0, 0.1) is 0 Å². The Morgan fingerprint density at radius 3 is 2.27 bits per heavy atom. The fourth-order valence-electron chi connectivity index (χ4n) is 8.10. The largest absolute Gasteiger partial charge is 0.356 e.